The standard InChI is InChI=1S/C16H12FNO4/c17-11-3-1-2-4-12(11)18-8-9-5-16(21)22-15-7-14(20)13(19)6-10(9)15/h1-7,18-20H,8H2. The Balaban J connectivity index is 2.01. The molecule has 0 bridgehead atoms. The Morgan fingerprint density at radius 1 is 1.09 bits per heavy atom. The van der Waals surface area contributed by atoms with Gasteiger partial charge in [-0.1, -0.05) is 12.1 Å². The minimum atomic E-state index is -0.595. The van der Waals surface area contributed by atoms with Gasteiger partial charge in [0.05, 0.1) is 5.69 Å². The molecule has 3 N–H and O–H groups in total. The summed E-state index contributed by atoms with van der Waals surface area (Å²) in [6.07, 6.45) is 0. The minimum absolute atomic E-state index is 0.146. The van der Waals surface area contributed by atoms with E-state index in [0.29, 0.717) is 16.6 Å². The predicted molar refractivity (Wildman–Crippen MR) is 79.5 cm³/mol. The van der Waals surface area contributed by atoms with Gasteiger partial charge in [0.1, 0.15) is 11.4 Å². The van der Waals surface area contributed by atoms with Crippen molar-refractivity contribution in [1.82, 2.24) is 0 Å². The fourth-order valence-electron chi connectivity index (χ4n) is 2.19. The lowest BCUT2D eigenvalue weighted by molar-refractivity contribution is 0.403. The lowest BCUT2D eigenvalue weighted by Gasteiger charge is -2.10. The molecule has 0 unspecified atom stereocenters. The van der Waals surface area contributed by atoms with E-state index in [9.17, 15) is 19.4 Å². The number of phenolic OH excluding ortho intramolecular Hbond substituents is 2. The molecule has 0 saturated heterocycles. The average Bonchev–Trinajstić information content (AvgIpc) is 2.48. The first-order valence-electron chi connectivity index (χ1n) is 6.52. The van der Waals surface area contributed by atoms with E-state index < -0.39 is 11.4 Å². The molecule has 1 heterocycles. The van der Waals surface area contributed by atoms with E-state index >= 15 is 0 Å². The zero-order valence-corrected chi connectivity index (χ0v) is 11.3. The summed E-state index contributed by atoms with van der Waals surface area (Å²) >= 11 is 0. The maximum absolute atomic E-state index is 13.6. The van der Waals surface area contributed by atoms with Crippen molar-refractivity contribution in [1.29, 1.82) is 0 Å². The van der Waals surface area contributed by atoms with Gasteiger partial charge in [0.15, 0.2) is 11.5 Å². The van der Waals surface area contributed by atoms with Gasteiger partial charge < -0.3 is 19.9 Å². The van der Waals surface area contributed by atoms with Gasteiger partial charge in [-0.2, -0.15) is 0 Å². The molecule has 0 atom stereocenters. The second kappa shape index (κ2) is 5.40. The van der Waals surface area contributed by atoms with Crippen LogP contribution in [-0.2, 0) is 6.54 Å². The molecule has 0 saturated carbocycles. The summed E-state index contributed by atoms with van der Waals surface area (Å²) in [5.41, 5.74) is 0.368. The highest BCUT2D eigenvalue weighted by molar-refractivity contribution is 5.84. The molecule has 112 valence electrons. The zero-order chi connectivity index (χ0) is 15.7. The molecule has 6 heteroatoms. The molecule has 0 radical (unpaired) electrons. The van der Waals surface area contributed by atoms with E-state index in [1.165, 1.54) is 24.3 Å². The number of phenols is 2. The van der Waals surface area contributed by atoms with Crippen LogP contribution in [0.15, 0.2) is 51.7 Å². The van der Waals surface area contributed by atoms with Crippen molar-refractivity contribution < 1.29 is 19.0 Å². The average molecular weight is 301 g/mol. The Bertz CT molecular complexity index is 904. The second-order valence-electron chi connectivity index (χ2n) is 4.76. The monoisotopic (exact) mass is 301 g/mol. The van der Waals surface area contributed by atoms with E-state index in [-0.39, 0.29) is 23.6 Å². The fourth-order valence-corrected chi connectivity index (χ4v) is 2.19. The third-order valence-electron chi connectivity index (χ3n) is 3.27. The van der Waals surface area contributed by atoms with Crippen LogP contribution in [0, 0.1) is 5.82 Å². The predicted octanol–water partition coefficient (Wildman–Crippen LogP) is 2.96. The lowest BCUT2D eigenvalue weighted by Crippen LogP contribution is -2.06. The largest absolute Gasteiger partial charge is 0.504 e. The number of hydrogen-bond donors (Lipinski definition) is 3. The molecular weight excluding hydrogens is 289 g/mol. The minimum Gasteiger partial charge on any atom is -0.504 e. The maximum Gasteiger partial charge on any atom is 0.336 e. The number of rotatable bonds is 3. The highest BCUT2D eigenvalue weighted by atomic mass is 19.1. The van der Waals surface area contributed by atoms with Crippen molar-refractivity contribution >= 4 is 16.7 Å². The maximum atomic E-state index is 13.6. The zero-order valence-electron chi connectivity index (χ0n) is 11.3. The van der Waals surface area contributed by atoms with Crippen LogP contribution in [0.25, 0.3) is 11.0 Å². The fraction of sp³-hybridized carbons (Fsp3) is 0.0625. The van der Waals surface area contributed by atoms with Gasteiger partial charge in [0.25, 0.3) is 0 Å². The van der Waals surface area contributed by atoms with Gasteiger partial charge in [0.2, 0.25) is 0 Å². The van der Waals surface area contributed by atoms with Gasteiger partial charge in [-0.25, -0.2) is 9.18 Å². The Hall–Kier alpha value is -3.02. The summed E-state index contributed by atoms with van der Waals surface area (Å²) in [6.45, 7) is 0.160. The molecule has 22 heavy (non-hydrogen) atoms. The van der Waals surface area contributed by atoms with E-state index in [2.05, 4.69) is 5.32 Å². The van der Waals surface area contributed by atoms with Crippen LogP contribution in [0.1, 0.15) is 5.56 Å². The van der Waals surface area contributed by atoms with Crippen LogP contribution in [0.3, 0.4) is 0 Å². The molecule has 3 rings (SSSR count). The molecule has 5 nitrogen and oxygen atoms in total. The van der Waals surface area contributed by atoms with Crippen molar-refractivity contribution in [2.75, 3.05) is 5.32 Å². The van der Waals surface area contributed by atoms with Gasteiger partial charge in [-0.05, 0) is 23.8 Å². The number of aromatic hydroxyl groups is 2. The Morgan fingerprint density at radius 2 is 1.82 bits per heavy atom. The summed E-state index contributed by atoms with van der Waals surface area (Å²) in [7, 11) is 0. The molecule has 0 aliphatic heterocycles. The van der Waals surface area contributed by atoms with Crippen LogP contribution in [-0.4, -0.2) is 10.2 Å². The van der Waals surface area contributed by atoms with Gasteiger partial charge >= 0.3 is 5.63 Å². The van der Waals surface area contributed by atoms with Crippen LogP contribution >= 0.6 is 0 Å². The van der Waals surface area contributed by atoms with Crippen molar-refractivity contribution in [3.8, 4) is 11.5 Å². The normalized spacial score (nSPS) is 10.8. The first-order valence-corrected chi connectivity index (χ1v) is 6.52. The number of nitrogens with one attached hydrogen (secondary N) is 1. The molecule has 0 amide bonds. The molecule has 3 aromatic rings. The van der Waals surface area contributed by atoms with E-state index in [0.717, 1.165) is 0 Å². The van der Waals surface area contributed by atoms with E-state index in [1.54, 1.807) is 18.2 Å². The quantitative estimate of drug-likeness (QED) is 0.512. The first kappa shape index (κ1) is 13.9. The molecule has 2 aromatic carbocycles. The van der Waals surface area contributed by atoms with Crippen LogP contribution < -0.4 is 10.9 Å². The Morgan fingerprint density at radius 3 is 2.59 bits per heavy atom. The molecule has 0 aliphatic carbocycles. The van der Waals surface area contributed by atoms with Crippen molar-refractivity contribution in [2.45, 2.75) is 6.54 Å². The van der Waals surface area contributed by atoms with Crippen LogP contribution in [0.2, 0.25) is 0 Å². The Kier molecular flexibility index (Phi) is 3.42. The van der Waals surface area contributed by atoms with E-state index in [4.69, 9.17) is 4.42 Å². The van der Waals surface area contributed by atoms with Crippen molar-refractivity contribution in [2.24, 2.45) is 0 Å². The highest BCUT2D eigenvalue weighted by Gasteiger charge is 2.10. The lowest BCUT2D eigenvalue weighted by atomic mass is 10.1. The third kappa shape index (κ3) is 2.58. The summed E-state index contributed by atoms with van der Waals surface area (Å²) in [6, 6.07) is 9.88. The molecular formula is C16H12FNO4. The number of anilines is 1. The molecule has 0 fully saturated rings. The number of para-hydroxylation sites is 1. The van der Waals surface area contributed by atoms with Gasteiger partial charge in [-0.3, -0.25) is 0 Å². The smallest absolute Gasteiger partial charge is 0.336 e. The number of hydrogen-bond acceptors (Lipinski definition) is 5. The van der Waals surface area contributed by atoms with Gasteiger partial charge in [-0.15, -0.1) is 0 Å². The summed E-state index contributed by atoms with van der Waals surface area (Å²) in [5.74, 6) is -1.11. The number of halogens is 1. The highest BCUT2D eigenvalue weighted by Crippen LogP contribution is 2.31. The SMILES string of the molecule is O=c1cc(CNc2ccccc2F)c2cc(O)c(O)cc2o1. The summed E-state index contributed by atoms with van der Waals surface area (Å²) in [5, 5.41) is 22.4. The third-order valence-corrected chi connectivity index (χ3v) is 3.27. The first-order chi connectivity index (χ1) is 10.5. The summed E-state index contributed by atoms with van der Waals surface area (Å²) in [4.78, 5) is 11.6. The molecule has 1 aromatic heterocycles. The molecule has 0 aliphatic rings. The summed E-state index contributed by atoms with van der Waals surface area (Å²) < 4.78 is 18.6. The van der Waals surface area contributed by atoms with Crippen LogP contribution in [0.4, 0.5) is 10.1 Å². The van der Waals surface area contributed by atoms with Crippen molar-refractivity contribution in [3.05, 3.63) is 64.3 Å². The number of fused-ring (bicyclic) bond motifs is 1. The van der Waals surface area contributed by atoms with Crippen molar-refractivity contribution in [3.63, 3.8) is 0 Å². The van der Waals surface area contributed by atoms with Gasteiger partial charge in [0, 0.05) is 24.1 Å². The second-order valence-corrected chi connectivity index (χ2v) is 4.76. The molecule has 0 spiro atoms. The van der Waals surface area contributed by atoms with Crippen LogP contribution in [0.5, 0.6) is 11.5 Å². The number of benzene rings is 2. The topological polar surface area (TPSA) is 82.7 Å². The van der Waals surface area contributed by atoms with E-state index in [1.807, 2.05) is 0 Å². The Labute approximate surface area is 124 Å².